The smallest absolute Gasteiger partial charge is 0.157 e. The average molecular weight is 526 g/mol. The minimum Gasteiger partial charge on any atom is -0.292 e. The molecule has 0 saturated heterocycles. The number of nitrogens with zero attached hydrogens (tertiary/aromatic N) is 3. The summed E-state index contributed by atoms with van der Waals surface area (Å²) in [6.07, 6.45) is 1.95. The van der Waals surface area contributed by atoms with Gasteiger partial charge in [-0.15, -0.1) is 11.3 Å². The molecule has 0 saturated carbocycles. The van der Waals surface area contributed by atoms with Crippen LogP contribution in [0.25, 0.3) is 91.9 Å². The Kier molecular flexibility index (Phi) is 3.81. The van der Waals surface area contributed by atoms with E-state index in [9.17, 15) is 0 Å². The maximum Gasteiger partial charge on any atom is 0.157 e. The van der Waals surface area contributed by atoms with Gasteiger partial charge in [0.25, 0.3) is 0 Å². The van der Waals surface area contributed by atoms with Gasteiger partial charge in [0.15, 0.2) is 5.82 Å². The second-order valence-electron chi connectivity index (χ2n) is 10.6. The molecule has 6 aromatic carbocycles. The molecule has 0 atom stereocenters. The van der Waals surface area contributed by atoms with Gasteiger partial charge in [0, 0.05) is 20.9 Å². The van der Waals surface area contributed by atoms with Gasteiger partial charge in [-0.1, -0.05) is 91.0 Å². The summed E-state index contributed by atoms with van der Waals surface area (Å²) in [4.78, 5) is 11.3. The highest BCUT2D eigenvalue weighted by Crippen LogP contribution is 2.49. The molecule has 9 aromatic rings. The summed E-state index contributed by atoms with van der Waals surface area (Å²) in [5.74, 6) is 0.852. The molecule has 0 radical (unpaired) electrons. The number of benzene rings is 6. The third-order valence-electron chi connectivity index (χ3n) is 8.59. The van der Waals surface area contributed by atoms with E-state index in [1.165, 1.54) is 64.7 Å². The van der Waals surface area contributed by atoms with Crippen LogP contribution in [0.2, 0.25) is 0 Å². The first-order valence-electron chi connectivity index (χ1n) is 13.5. The monoisotopic (exact) mass is 525 g/mol. The summed E-state index contributed by atoms with van der Waals surface area (Å²) in [6, 6.07) is 39.6. The zero-order valence-corrected chi connectivity index (χ0v) is 22.0. The van der Waals surface area contributed by atoms with E-state index in [0.717, 1.165) is 27.2 Å². The van der Waals surface area contributed by atoms with Crippen molar-refractivity contribution < 1.29 is 0 Å². The predicted molar refractivity (Wildman–Crippen MR) is 169 cm³/mol. The Morgan fingerprint density at radius 1 is 0.525 bits per heavy atom. The van der Waals surface area contributed by atoms with Gasteiger partial charge in [-0.05, 0) is 62.0 Å². The maximum absolute atomic E-state index is 5.27. The molecule has 1 aliphatic carbocycles. The van der Waals surface area contributed by atoms with Gasteiger partial charge in [-0.2, -0.15) is 0 Å². The average Bonchev–Trinajstić information content (AvgIpc) is 3.52. The fourth-order valence-electron chi connectivity index (χ4n) is 6.99. The Morgan fingerprint density at radius 3 is 1.88 bits per heavy atom. The number of aromatic nitrogens is 3. The van der Waals surface area contributed by atoms with E-state index in [1.807, 2.05) is 6.20 Å². The minimum atomic E-state index is 0.852. The number of hydrogen-bond donors (Lipinski definition) is 0. The number of fused-ring (bicyclic) bond motifs is 7. The van der Waals surface area contributed by atoms with Crippen molar-refractivity contribution >= 4 is 75.1 Å². The quantitative estimate of drug-likeness (QED) is 0.213. The second-order valence-corrected chi connectivity index (χ2v) is 11.6. The van der Waals surface area contributed by atoms with Crippen molar-refractivity contribution in [1.82, 2.24) is 14.5 Å². The summed E-state index contributed by atoms with van der Waals surface area (Å²) in [7, 11) is 0. The third-order valence-corrected chi connectivity index (χ3v) is 9.63. The van der Waals surface area contributed by atoms with Crippen LogP contribution < -0.4 is 0 Å². The lowest BCUT2D eigenvalue weighted by atomic mass is 9.93. The van der Waals surface area contributed by atoms with Crippen molar-refractivity contribution in [2.75, 3.05) is 0 Å². The maximum atomic E-state index is 5.27. The first kappa shape index (κ1) is 20.8. The fourth-order valence-corrected chi connectivity index (χ4v) is 8.04. The number of hydrogen-bond acceptors (Lipinski definition) is 3. The normalized spacial score (nSPS) is 12.5. The van der Waals surface area contributed by atoms with E-state index >= 15 is 0 Å². The van der Waals surface area contributed by atoms with Gasteiger partial charge in [-0.3, -0.25) is 4.57 Å². The van der Waals surface area contributed by atoms with Gasteiger partial charge in [0.2, 0.25) is 0 Å². The highest BCUT2D eigenvalue weighted by molar-refractivity contribution is 7.25. The first-order chi connectivity index (χ1) is 19.8. The standard InChI is InChI=1S/C36H19N3S/c1-2-10-22-20(7-1)17-18-29-34(22)35-36(40-29)38-30(19-37-35)39-27-15-5-13-25-23-11-3-8-21-9-4-12-24(31(21)23)26-14-6-16-28(39)33(26)32(25)27/h1-19H. The Hall–Kier alpha value is -5.06. The van der Waals surface area contributed by atoms with Crippen LogP contribution in [-0.2, 0) is 0 Å². The summed E-state index contributed by atoms with van der Waals surface area (Å²) in [5.41, 5.74) is 8.40. The lowest BCUT2D eigenvalue weighted by molar-refractivity contribution is 1.08. The van der Waals surface area contributed by atoms with Crippen LogP contribution in [0.4, 0.5) is 0 Å². The zero-order valence-electron chi connectivity index (χ0n) is 21.2. The molecule has 1 aliphatic rings. The van der Waals surface area contributed by atoms with Crippen molar-refractivity contribution in [1.29, 1.82) is 0 Å². The number of thiophene rings is 1. The molecule has 3 heterocycles. The van der Waals surface area contributed by atoms with E-state index in [0.29, 0.717) is 0 Å². The molecule has 0 unspecified atom stereocenters. The van der Waals surface area contributed by atoms with Gasteiger partial charge in [0.1, 0.15) is 10.3 Å². The van der Waals surface area contributed by atoms with Crippen molar-refractivity contribution in [2.24, 2.45) is 0 Å². The van der Waals surface area contributed by atoms with E-state index in [4.69, 9.17) is 9.97 Å². The lowest BCUT2D eigenvalue weighted by Crippen LogP contribution is -1.98. The van der Waals surface area contributed by atoms with E-state index < -0.39 is 0 Å². The van der Waals surface area contributed by atoms with Crippen molar-refractivity contribution in [3.8, 4) is 28.1 Å². The van der Waals surface area contributed by atoms with Crippen molar-refractivity contribution in [3.05, 3.63) is 115 Å². The summed E-state index contributed by atoms with van der Waals surface area (Å²) in [6.45, 7) is 0. The summed E-state index contributed by atoms with van der Waals surface area (Å²) < 4.78 is 3.53. The lowest BCUT2D eigenvalue weighted by Gasteiger charge is -2.12. The zero-order chi connectivity index (χ0) is 25.9. The van der Waals surface area contributed by atoms with Gasteiger partial charge in [0.05, 0.1) is 17.2 Å². The largest absolute Gasteiger partial charge is 0.292 e. The third kappa shape index (κ3) is 2.50. The van der Waals surface area contributed by atoms with Crippen LogP contribution in [-0.4, -0.2) is 14.5 Å². The van der Waals surface area contributed by atoms with Crippen LogP contribution in [0.5, 0.6) is 0 Å². The molecule has 0 bridgehead atoms. The molecular weight excluding hydrogens is 506 g/mol. The van der Waals surface area contributed by atoms with Crippen molar-refractivity contribution in [2.45, 2.75) is 0 Å². The van der Waals surface area contributed by atoms with Gasteiger partial charge < -0.3 is 0 Å². The molecule has 10 rings (SSSR count). The number of rotatable bonds is 1. The molecule has 3 nitrogen and oxygen atoms in total. The van der Waals surface area contributed by atoms with E-state index in [-0.39, 0.29) is 0 Å². The Balaban J connectivity index is 1.34. The predicted octanol–water partition coefficient (Wildman–Crippen LogP) is 9.90. The van der Waals surface area contributed by atoms with Crippen LogP contribution in [0.3, 0.4) is 0 Å². The second kappa shape index (κ2) is 7.32. The van der Waals surface area contributed by atoms with Crippen molar-refractivity contribution in [3.63, 3.8) is 0 Å². The van der Waals surface area contributed by atoms with Crippen LogP contribution in [0.1, 0.15) is 0 Å². The van der Waals surface area contributed by atoms with Crippen LogP contribution in [0, 0.1) is 0 Å². The molecular formula is C36H19N3S. The topological polar surface area (TPSA) is 30.7 Å². The molecule has 0 fully saturated rings. The first-order valence-corrected chi connectivity index (χ1v) is 14.3. The summed E-state index contributed by atoms with van der Waals surface area (Å²) >= 11 is 1.72. The summed E-state index contributed by atoms with van der Waals surface area (Å²) in [5, 5.41) is 8.81. The fraction of sp³-hybridized carbons (Fsp3) is 0. The SMILES string of the molecule is c1cc2c3c(cccc3c1)-c1cccc3c1c1c-2cccc1n3-c1cnc2c(n1)sc1ccc3ccccc3c12. The molecule has 0 N–H and O–H groups in total. The Morgan fingerprint density at radius 2 is 1.15 bits per heavy atom. The molecule has 0 spiro atoms. The molecule has 184 valence electrons. The molecule has 3 aromatic heterocycles. The molecule has 0 amide bonds. The Bertz CT molecular complexity index is 2460. The van der Waals surface area contributed by atoms with Crippen LogP contribution >= 0.6 is 11.3 Å². The Labute approximate surface area is 232 Å². The minimum absolute atomic E-state index is 0.852. The van der Waals surface area contributed by atoms with Crippen LogP contribution in [0.15, 0.2) is 115 Å². The highest BCUT2D eigenvalue weighted by Gasteiger charge is 2.25. The van der Waals surface area contributed by atoms with Gasteiger partial charge >= 0.3 is 0 Å². The van der Waals surface area contributed by atoms with E-state index in [2.05, 4.69) is 114 Å². The molecule has 40 heavy (non-hydrogen) atoms. The highest BCUT2D eigenvalue weighted by atomic mass is 32.1. The van der Waals surface area contributed by atoms with Gasteiger partial charge in [-0.25, -0.2) is 9.97 Å². The molecule has 4 heteroatoms. The molecule has 0 aliphatic heterocycles. The van der Waals surface area contributed by atoms with E-state index in [1.54, 1.807) is 11.3 Å².